The van der Waals surface area contributed by atoms with Gasteiger partial charge in [0.15, 0.2) is 0 Å². The maximum absolute atomic E-state index is 13.0. The quantitative estimate of drug-likeness (QED) is 0.319. The van der Waals surface area contributed by atoms with E-state index in [9.17, 15) is 9.59 Å². The molecular weight excluding hydrogens is 482 g/mol. The lowest BCUT2D eigenvalue weighted by Gasteiger charge is -2.16. The van der Waals surface area contributed by atoms with E-state index >= 15 is 0 Å². The largest absolute Gasteiger partial charge is 0.481 e. The number of carboxylic acids is 1. The minimum absolute atomic E-state index is 0.0785. The van der Waals surface area contributed by atoms with Crippen LogP contribution in [0.15, 0.2) is 71.2 Å². The van der Waals surface area contributed by atoms with Gasteiger partial charge in [0.05, 0.1) is 17.0 Å². The number of benzene rings is 3. The summed E-state index contributed by atoms with van der Waals surface area (Å²) in [5.74, 6) is -0.997. The molecule has 0 atom stereocenters. The predicted octanol–water partition coefficient (Wildman–Crippen LogP) is 5.12. The van der Waals surface area contributed by atoms with E-state index in [1.807, 2.05) is 73.8 Å². The lowest BCUT2D eigenvalue weighted by Crippen LogP contribution is -2.10. The van der Waals surface area contributed by atoms with Crippen molar-refractivity contribution in [2.45, 2.75) is 19.4 Å². The standard InChI is InChI=1S/C26H24BrN3O3/c1-28-15-17-4-10-20(11-5-17)29-25(18-7-2-16(3-8-18)6-13-23(31)32)24-21-12-9-19(27)14-22(21)30-26(24)33/h2-5,7-12,14,28-29H,6,13,15H2,1H3,(H,30,33)(H,31,32)/b25-24-. The molecule has 7 heteroatoms. The van der Waals surface area contributed by atoms with E-state index in [4.69, 9.17) is 5.11 Å². The maximum atomic E-state index is 13.0. The number of carboxylic acid groups (broad SMARTS) is 1. The summed E-state index contributed by atoms with van der Waals surface area (Å²) >= 11 is 3.46. The van der Waals surface area contributed by atoms with Crippen molar-refractivity contribution in [1.82, 2.24) is 5.32 Å². The molecule has 1 aliphatic rings. The van der Waals surface area contributed by atoms with Crippen LogP contribution >= 0.6 is 15.9 Å². The van der Waals surface area contributed by atoms with E-state index in [1.54, 1.807) is 0 Å². The zero-order valence-electron chi connectivity index (χ0n) is 18.1. The fourth-order valence-electron chi connectivity index (χ4n) is 3.82. The number of carbonyl (C=O) groups is 2. The zero-order chi connectivity index (χ0) is 23.4. The van der Waals surface area contributed by atoms with Crippen LogP contribution < -0.4 is 16.0 Å². The van der Waals surface area contributed by atoms with Gasteiger partial charge < -0.3 is 21.1 Å². The number of anilines is 2. The number of aliphatic carboxylic acids is 1. The van der Waals surface area contributed by atoms with Crippen LogP contribution in [-0.2, 0) is 22.6 Å². The summed E-state index contributed by atoms with van der Waals surface area (Å²) in [6.07, 6.45) is 0.536. The van der Waals surface area contributed by atoms with E-state index in [0.29, 0.717) is 17.7 Å². The molecule has 3 aromatic rings. The number of halogens is 1. The lowest BCUT2D eigenvalue weighted by molar-refractivity contribution is -0.137. The number of carbonyl (C=O) groups excluding carboxylic acids is 1. The van der Waals surface area contributed by atoms with E-state index < -0.39 is 5.97 Å². The molecule has 4 rings (SSSR count). The number of hydrogen-bond donors (Lipinski definition) is 4. The molecule has 0 saturated carbocycles. The number of amides is 1. The number of fused-ring (bicyclic) bond motifs is 1. The van der Waals surface area contributed by atoms with Gasteiger partial charge in [-0.15, -0.1) is 0 Å². The molecule has 1 aliphatic heterocycles. The van der Waals surface area contributed by atoms with Crippen molar-refractivity contribution in [2.75, 3.05) is 17.7 Å². The Morgan fingerprint density at radius 3 is 2.36 bits per heavy atom. The second kappa shape index (κ2) is 10.0. The third kappa shape index (κ3) is 5.32. The SMILES string of the molecule is CNCc1ccc(N/C(=C2\C(=O)Nc3cc(Br)ccc32)c2ccc(CCC(=O)O)cc2)cc1. The highest BCUT2D eigenvalue weighted by molar-refractivity contribution is 9.10. The molecule has 0 aromatic heterocycles. The summed E-state index contributed by atoms with van der Waals surface area (Å²) < 4.78 is 0.889. The Labute approximate surface area is 200 Å². The first-order valence-electron chi connectivity index (χ1n) is 10.6. The number of aryl methyl sites for hydroxylation is 1. The Kier molecular flexibility index (Phi) is 6.91. The number of hydrogen-bond acceptors (Lipinski definition) is 4. The first-order chi connectivity index (χ1) is 15.9. The number of rotatable bonds is 8. The molecule has 168 valence electrons. The normalized spacial score (nSPS) is 13.9. The predicted molar refractivity (Wildman–Crippen MR) is 135 cm³/mol. The summed E-state index contributed by atoms with van der Waals surface area (Å²) in [6, 6.07) is 21.4. The molecule has 33 heavy (non-hydrogen) atoms. The lowest BCUT2D eigenvalue weighted by atomic mass is 9.98. The second-order valence-corrected chi connectivity index (χ2v) is 8.75. The smallest absolute Gasteiger partial charge is 0.303 e. The van der Waals surface area contributed by atoms with Crippen molar-refractivity contribution < 1.29 is 14.7 Å². The van der Waals surface area contributed by atoms with Crippen LogP contribution in [-0.4, -0.2) is 24.0 Å². The minimum Gasteiger partial charge on any atom is -0.481 e. The van der Waals surface area contributed by atoms with Crippen molar-refractivity contribution in [3.63, 3.8) is 0 Å². The summed E-state index contributed by atoms with van der Waals surface area (Å²) in [4.78, 5) is 23.9. The van der Waals surface area contributed by atoms with Gasteiger partial charge in [0, 0.05) is 28.7 Å². The average Bonchev–Trinajstić information content (AvgIpc) is 3.12. The Balaban J connectivity index is 1.75. The molecule has 0 aliphatic carbocycles. The highest BCUT2D eigenvalue weighted by Gasteiger charge is 2.28. The molecule has 0 bridgehead atoms. The molecule has 4 N–H and O–H groups in total. The molecule has 1 amide bonds. The van der Waals surface area contributed by atoms with Gasteiger partial charge in [0.2, 0.25) is 0 Å². The fraction of sp³-hybridized carbons (Fsp3) is 0.154. The fourth-order valence-corrected chi connectivity index (χ4v) is 4.18. The van der Waals surface area contributed by atoms with Gasteiger partial charge in [-0.1, -0.05) is 58.4 Å². The first kappa shape index (κ1) is 22.8. The van der Waals surface area contributed by atoms with Crippen molar-refractivity contribution in [1.29, 1.82) is 0 Å². The Bertz CT molecular complexity index is 1220. The molecule has 0 fully saturated rings. The Morgan fingerprint density at radius 1 is 1.00 bits per heavy atom. The van der Waals surface area contributed by atoms with Crippen LogP contribution in [0.3, 0.4) is 0 Å². The van der Waals surface area contributed by atoms with Crippen molar-refractivity contribution >= 4 is 50.5 Å². The van der Waals surface area contributed by atoms with Gasteiger partial charge in [-0.3, -0.25) is 9.59 Å². The van der Waals surface area contributed by atoms with E-state index in [2.05, 4.69) is 31.9 Å². The van der Waals surface area contributed by atoms with E-state index in [1.165, 1.54) is 0 Å². The number of nitrogens with one attached hydrogen (secondary N) is 3. The van der Waals surface area contributed by atoms with Crippen molar-refractivity contribution in [3.8, 4) is 0 Å². The highest BCUT2D eigenvalue weighted by Crippen LogP contribution is 2.38. The van der Waals surface area contributed by atoms with Crippen LogP contribution in [0.4, 0.5) is 11.4 Å². The van der Waals surface area contributed by atoms with Gasteiger partial charge in [-0.05, 0) is 54.4 Å². The molecule has 0 radical (unpaired) electrons. The zero-order valence-corrected chi connectivity index (χ0v) is 19.7. The summed E-state index contributed by atoms with van der Waals surface area (Å²) in [5.41, 5.74) is 6.64. The monoisotopic (exact) mass is 505 g/mol. The van der Waals surface area contributed by atoms with E-state index in [-0.39, 0.29) is 12.3 Å². The van der Waals surface area contributed by atoms with Gasteiger partial charge in [-0.2, -0.15) is 0 Å². The van der Waals surface area contributed by atoms with Gasteiger partial charge >= 0.3 is 5.97 Å². The second-order valence-electron chi connectivity index (χ2n) is 7.84. The van der Waals surface area contributed by atoms with E-state index in [0.717, 1.165) is 44.6 Å². The van der Waals surface area contributed by atoms with Crippen LogP contribution in [0.1, 0.15) is 28.7 Å². The van der Waals surface area contributed by atoms with Crippen LogP contribution in [0.2, 0.25) is 0 Å². The van der Waals surface area contributed by atoms with Gasteiger partial charge in [-0.25, -0.2) is 0 Å². The highest BCUT2D eigenvalue weighted by atomic mass is 79.9. The third-order valence-electron chi connectivity index (χ3n) is 5.45. The van der Waals surface area contributed by atoms with Crippen LogP contribution in [0.25, 0.3) is 11.3 Å². The molecule has 6 nitrogen and oxygen atoms in total. The topological polar surface area (TPSA) is 90.5 Å². The molecule has 0 unspecified atom stereocenters. The summed E-state index contributed by atoms with van der Waals surface area (Å²) in [6.45, 7) is 0.774. The maximum Gasteiger partial charge on any atom is 0.303 e. The molecular formula is C26H24BrN3O3. The van der Waals surface area contributed by atoms with Gasteiger partial charge in [0.1, 0.15) is 0 Å². The van der Waals surface area contributed by atoms with Crippen molar-refractivity contribution in [2.24, 2.45) is 0 Å². The van der Waals surface area contributed by atoms with Gasteiger partial charge in [0.25, 0.3) is 5.91 Å². The molecule has 3 aromatic carbocycles. The Hall–Kier alpha value is -3.42. The molecule has 0 saturated heterocycles. The third-order valence-corrected chi connectivity index (χ3v) is 5.94. The average molecular weight is 506 g/mol. The molecule has 1 heterocycles. The Morgan fingerprint density at radius 2 is 1.70 bits per heavy atom. The summed E-state index contributed by atoms with van der Waals surface area (Å²) in [7, 11) is 1.91. The molecule has 0 spiro atoms. The first-order valence-corrected chi connectivity index (χ1v) is 11.4. The minimum atomic E-state index is -0.823. The summed E-state index contributed by atoms with van der Waals surface area (Å²) in [5, 5.41) is 18.5. The van der Waals surface area contributed by atoms with Crippen molar-refractivity contribution in [3.05, 3.63) is 93.5 Å². The van der Waals surface area contributed by atoms with Crippen LogP contribution in [0, 0.1) is 0 Å². The van der Waals surface area contributed by atoms with Crippen LogP contribution in [0.5, 0.6) is 0 Å².